The second-order valence-electron chi connectivity index (χ2n) is 8.47. The van der Waals surface area contributed by atoms with Crippen LogP contribution in [0.1, 0.15) is 42.6 Å². The molecule has 0 atom stereocenters. The van der Waals surface area contributed by atoms with Crippen molar-refractivity contribution in [2.75, 3.05) is 6.26 Å². The Morgan fingerprint density at radius 3 is 2.48 bits per heavy atom. The molecule has 3 aromatic rings. The average molecular weight is 461 g/mol. The molecule has 4 rings (SSSR count). The highest BCUT2D eigenvalue weighted by atomic mass is 32.2. The predicted octanol–water partition coefficient (Wildman–Crippen LogP) is 4.80. The lowest BCUT2D eigenvalue weighted by molar-refractivity contribution is 0.602. The lowest BCUT2D eigenvalue weighted by Gasteiger charge is -2.15. The van der Waals surface area contributed by atoms with Gasteiger partial charge in [0.1, 0.15) is 0 Å². The van der Waals surface area contributed by atoms with Gasteiger partial charge in [-0.05, 0) is 61.7 Å². The van der Waals surface area contributed by atoms with Gasteiger partial charge >= 0.3 is 0 Å². The lowest BCUT2D eigenvalue weighted by Crippen LogP contribution is -2.21. The average Bonchev–Trinajstić information content (AvgIpc) is 3.32. The van der Waals surface area contributed by atoms with Crippen molar-refractivity contribution in [1.82, 2.24) is 15.3 Å². The number of nitrogens with zero attached hydrogens (tertiary/aromatic N) is 2. The molecule has 0 amide bonds. The van der Waals surface area contributed by atoms with Gasteiger partial charge in [-0.15, -0.1) is 0 Å². The number of hydrogen-bond acceptors (Lipinski definition) is 6. The van der Waals surface area contributed by atoms with Gasteiger partial charge in [-0.1, -0.05) is 31.0 Å². The molecule has 7 heteroatoms. The fourth-order valence-electron chi connectivity index (χ4n) is 4.04. The largest absolute Gasteiger partial charge is 0.388 e. The number of rotatable bonds is 7. The molecule has 0 saturated heterocycles. The van der Waals surface area contributed by atoms with E-state index in [0.717, 1.165) is 35.2 Å². The van der Waals surface area contributed by atoms with E-state index in [0.29, 0.717) is 23.1 Å². The molecule has 0 unspecified atom stereocenters. The third-order valence-corrected chi connectivity index (χ3v) is 7.01. The van der Waals surface area contributed by atoms with Gasteiger partial charge in [0.15, 0.2) is 9.84 Å². The van der Waals surface area contributed by atoms with Gasteiger partial charge in [0.2, 0.25) is 0 Å². The predicted molar refractivity (Wildman–Crippen MR) is 132 cm³/mol. The van der Waals surface area contributed by atoms with Crippen molar-refractivity contribution in [2.45, 2.75) is 43.5 Å². The molecule has 170 valence electrons. The van der Waals surface area contributed by atoms with Crippen molar-refractivity contribution >= 4 is 21.1 Å². The summed E-state index contributed by atoms with van der Waals surface area (Å²) in [6.07, 6.45) is 9.56. The van der Waals surface area contributed by atoms with Gasteiger partial charge < -0.3 is 5.32 Å². The molecule has 6 nitrogen and oxygen atoms in total. The van der Waals surface area contributed by atoms with E-state index >= 15 is 0 Å². The van der Waals surface area contributed by atoms with E-state index in [4.69, 9.17) is 5.41 Å². The van der Waals surface area contributed by atoms with Gasteiger partial charge in [0.25, 0.3) is 0 Å². The topological polar surface area (TPSA) is 95.8 Å². The summed E-state index contributed by atoms with van der Waals surface area (Å²) in [6, 6.07) is 16.6. The summed E-state index contributed by atoms with van der Waals surface area (Å²) >= 11 is 0. The van der Waals surface area contributed by atoms with Gasteiger partial charge in [0, 0.05) is 41.5 Å². The van der Waals surface area contributed by atoms with E-state index in [9.17, 15) is 8.42 Å². The van der Waals surface area contributed by atoms with Gasteiger partial charge in [-0.25, -0.2) is 8.42 Å². The summed E-state index contributed by atoms with van der Waals surface area (Å²) in [5, 5.41) is 12.4. The molecule has 1 aromatic carbocycles. The molecule has 1 aliphatic rings. The second kappa shape index (κ2) is 9.67. The molecular formula is C26H28N4O2S. The molecule has 2 N–H and O–H groups in total. The highest BCUT2D eigenvalue weighted by molar-refractivity contribution is 7.90. The SMILES string of the molecule is Cc1cccc(C(=N)/C(=C\NC2CCCC2)c2ccnc(-c3ccc(S(C)(=O)=O)cc3)c2)n1. The number of sulfone groups is 1. The van der Waals surface area contributed by atoms with E-state index in [2.05, 4.69) is 15.3 Å². The van der Waals surface area contributed by atoms with Crippen LogP contribution >= 0.6 is 0 Å². The lowest BCUT2D eigenvalue weighted by atomic mass is 9.98. The molecule has 1 fully saturated rings. The van der Waals surface area contributed by atoms with E-state index in [-0.39, 0.29) is 4.90 Å². The molecule has 2 aromatic heterocycles. The molecule has 1 saturated carbocycles. The minimum Gasteiger partial charge on any atom is -0.388 e. The Labute approximate surface area is 195 Å². The Hall–Kier alpha value is -3.32. The van der Waals surface area contributed by atoms with Crippen molar-refractivity contribution in [3.05, 3.63) is 83.9 Å². The van der Waals surface area contributed by atoms with Crippen LogP contribution < -0.4 is 5.32 Å². The number of aromatic nitrogens is 2. The molecule has 0 aliphatic heterocycles. The molecule has 2 heterocycles. The minimum atomic E-state index is -3.26. The first-order valence-electron chi connectivity index (χ1n) is 11.1. The van der Waals surface area contributed by atoms with E-state index < -0.39 is 9.84 Å². The monoisotopic (exact) mass is 460 g/mol. The first-order valence-corrected chi connectivity index (χ1v) is 13.0. The zero-order valence-electron chi connectivity index (χ0n) is 18.9. The first kappa shape index (κ1) is 22.9. The quantitative estimate of drug-likeness (QED) is 0.494. The van der Waals surface area contributed by atoms with Crippen LogP contribution in [0.2, 0.25) is 0 Å². The van der Waals surface area contributed by atoms with Crippen molar-refractivity contribution < 1.29 is 8.42 Å². The fraction of sp³-hybridized carbons (Fsp3) is 0.269. The second-order valence-corrected chi connectivity index (χ2v) is 10.5. The minimum absolute atomic E-state index is 0.274. The number of nitrogens with one attached hydrogen (secondary N) is 2. The maximum Gasteiger partial charge on any atom is 0.175 e. The normalized spacial score (nSPS) is 14.9. The molecule has 0 spiro atoms. The number of pyridine rings is 2. The van der Waals surface area contributed by atoms with Crippen molar-refractivity contribution in [3.8, 4) is 11.3 Å². The Balaban J connectivity index is 1.71. The summed E-state index contributed by atoms with van der Waals surface area (Å²) < 4.78 is 23.6. The van der Waals surface area contributed by atoms with Crippen LogP contribution in [0.25, 0.3) is 16.8 Å². The fourth-order valence-corrected chi connectivity index (χ4v) is 4.67. The van der Waals surface area contributed by atoms with Crippen LogP contribution in [0.5, 0.6) is 0 Å². The molecule has 0 bridgehead atoms. The van der Waals surface area contributed by atoms with Gasteiger partial charge in [0.05, 0.1) is 22.0 Å². The smallest absolute Gasteiger partial charge is 0.175 e. The van der Waals surface area contributed by atoms with Gasteiger partial charge in [-0.2, -0.15) is 0 Å². The molecule has 1 aliphatic carbocycles. The highest BCUT2D eigenvalue weighted by Crippen LogP contribution is 2.26. The maximum atomic E-state index is 11.8. The number of benzene rings is 1. The van der Waals surface area contributed by atoms with Crippen LogP contribution in [-0.4, -0.2) is 36.4 Å². The number of aryl methyl sites for hydroxylation is 1. The third kappa shape index (κ3) is 5.54. The summed E-state index contributed by atoms with van der Waals surface area (Å²) in [5.74, 6) is 0. The Kier molecular flexibility index (Phi) is 6.70. The molecule has 0 radical (unpaired) electrons. The standard InChI is InChI=1S/C26H28N4O2S/c1-18-6-5-9-24(30-18)26(27)23(17-29-21-7-3-4-8-21)20-14-15-28-25(16-20)19-10-12-22(13-11-19)33(2,31)32/h5-6,9-17,21,27,29H,3-4,7-8H2,1-2H3/b23-17-,27-26?. The van der Waals surface area contributed by atoms with Crippen LogP contribution in [0.4, 0.5) is 0 Å². The zero-order chi connectivity index (χ0) is 23.4. The number of hydrogen-bond donors (Lipinski definition) is 2. The molecule has 33 heavy (non-hydrogen) atoms. The Morgan fingerprint density at radius 1 is 1.09 bits per heavy atom. The van der Waals surface area contributed by atoms with Gasteiger partial charge in [-0.3, -0.25) is 15.4 Å². The van der Waals surface area contributed by atoms with Crippen LogP contribution in [-0.2, 0) is 9.84 Å². The van der Waals surface area contributed by atoms with E-state index in [1.54, 1.807) is 30.5 Å². The number of allylic oxidation sites excluding steroid dienone is 1. The summed E-state index contributed by atoms with van der Waals surface area (Å²) in [6.45, 7) is 1.92. The first-order chi connectivity index (χ1) is 15.8. The summed E-state index contributed by atoms with van der Waals surface area (Å²) in [4.78, 5) is 9.31. The Morgan fingerprint density at radius 2 is 1.82 bits per heavy atom. The van der Waals surface area contributed by atoms with Crippen LogP contribution in [0.3, 0.4) is 0 Å². The highest BCUT2D eigenvalue weighted by Gasteiger charge is 2.17. The summed E-state index contributed by atoms with van der Waals surface area (Å²) in [5.41, 5.74) is 4.94. The van der Waals surface area contributed by atoms with Crippen LogP contribution in [0.15, 0.2) is 71.9 Å². The van der Waals surface area contributed by atoms with Crippen LogP contribution in [0, 0.1) is 12.3 Å². The molecular weight excluding hydrogens is 432 g/mol. The third-order valence-electron chi connectivity index (χ3n) is 5.88. The summed E-state index contributed by atoms with van der Waals surface area (Å²) in [7, 11) is -3.26. The van der Waals surface area contributed by atoms with E-state index in [1.165, 1.54) is 19.1 Å². The van der Waals surface area contributed by atoms with Crippen molar-refractivity contribution in [1.29, 1.82) is 5.41 Å². The van der Waals surface area contributed by atoms with E-state index in [1.807, 2.05) is 43.5 Å². The van der Waals surface area contributed by atoms with Crippen molar-refractivity contribution in [2.24, 2.45) is 0 Å². The Bertz CT molecular complexity index is 1290. The maximum absolute atomic E-state index is 11.8. The van der Waals surface area contributed by atoms with Crippen molar-refractivity contribution in [3.63, 3.8) is 0 Å². The zero-order valence-corrected chi connectivity index (χ0v) is 19.7.